The van der Waals surface area contributed by atoms with Gasteiger partial charge >= 0.3 is 5.97 Å². The molecular weight excluding hydrogens is 260 g/mol. The minimum Gasteiger partial charge on any atom is -0.507 e. The third-order valence-corrected chi connectivity index (χ3v) is 3.85. The molecule has 3 N–H and O–H groups in total. The molecular formula is C15H22O5. The number of phenolic OH excluding ortho intramolecular Hbond substituents is 2. The van der Waals surface area contributed by atoms with E-state index in [4.69, 9.17) is 0 Å². The molecule has 0 aliphatic carbocycles. The summed E-state index contributed by atoms with van der Waals surface area (Å²) in [6, 6.07) is 0. The van der Waals surface area contributed by atoms with Crippen LogP contribution < -0.4 is 0 Å². The van der Waals surface area contributed by atoms with Gasteiger partial charge in [-0.1, -0.05) is 0 Å². The first-order chi connectivity index (χ1) is 9.13. The molecule has 1 rings (SSSR count). The van der Waals surface area contributed by atoms with Crippen LogP contribution in [0.25, 0.3) is 0 Å². The molecule has 0 radical (unpaired) electrons. The van der Waals surface area contributed by atoms with Crippen LogP contribution in [0.3, 0.4) is 0 Å². The fourth-order valence-corrected chi connectivity index (χ4v) is 2.18. The zero-order chi connectivity index (χ0) is 15.7. The molecule has 5 heteroatoms. The van der Waals surface area contributed by atoms with Crippen LogP contribution in [-0.4, -0.2) is 34.0 Å². The van der Waals surface area contributed by atoms with Gasteiger partial charge in [-0.3, -0.25) is 0 Å². The molecule has 0 spiro atoms. The Morgan fingerprint density at radius 1 is 1.10 bits per heavy atom. The molecule has 0 aliphatic heterocycles. The molecule has 0 heterocycles. The average molecular weight is 282 g/mol. The van der Waals surface area contributed by atoms with Crippen molar-refractivity contribution in [2.45, 2.75) is 46.1 Å². The Kier molecular flexibility index (Phi) is 4.65. The van der Waals surface area contributed by atoms with Crippen LogP contribution in [0.1, 0.15) is 35.6 Å². The molecule has 112 valence electrons. The number of esters is 1. The van der Waals surface area contributed by atoms with E-state index < -0.39 is 11.6 Å². The van der Waals surface area contributed by atoms with E-state index >= 15 is 0 Å². The van der Waals surface area contributed by atoms with Crippen LogP contribution in [0.15, 0.2) is 0 Å². The molecule has 0 saturated heterocycles. The van der Waals surface area contributed by atoms with Gasteiger partial charge in [-0.15, -0.1) is 0 Å². The lowest BCUT2D eigenvalue weighted by molar-refractivity contribution is -0.161. The quantitative estimate of drug-likeness (QED) is 0.580. The van der Waals surface area contributed by atoms with Gasteiger partial charge in [-0.2, -0.15) is 0 Å². The van der Waals surface area contributed by atoms with Crippen LogP contribution in [0.4, 0.5) is 0 Å². The van der Waals surface area contributed by atoms with Gasteiger partial charge in [0.25, 0.3) is 0 Å². The molecule has 1 aromatic carbocycles. The molecule has 0 bridgehead atoms. The molecule has 1 unspecified atom stereocenters. The number of carbonyl (C=O) groups is 1. The molecule has 0 amide bonds. The first kappa shape index (κ1) is 16.3. The van der Waals surface area contributed by atoms with Crippen LogP contribution in [-0.2, 0) is 16.0 Å². The summed E-state index contributed by atoms with van der Waals surface area (Å²) < 4.78 is 4.53. The minimum absolute atomic E-state index is 0.0933. The van der Waals surface area contributed by atoms with Crippen molar-refractivity contribution in [3.05, 3.63) is 22.3 Å². The molecule has 1 atom stereocenters. The van der Waals surface area contributed by atoms with E-state index in [0.717, 1.165) is 0 Å². The molecule has 0 saturated carbocycles. The second-order valence-corrected chi connectivity index (χ2v) is 5.32. The van der Waals surface area contributed by atoms with Crippen molar-refractivity contribution in [1.82, 2.24) is 0 Å². The number of aliphatic hydroxyl groups is 1. The van der Waals surface area contributed by atoms with Gasteiger partial charge in [0.15, 0.2) is 5.60 Å². The van der Waals surface area contributed by atoms with E-state index in [2.05, 4.69) is 4.74 Å². The topological polar surface area (TPSA) is 87.0 Å². The Morgan fingerprint density at radius 3 is 2.10 bits per heavy atom. The number of aromatic hydroxyl groups is 2. The van der Waals surface area contributed by atoms with E-state index in [-0.39, 0.29) is 24.3 Å². The molecule has 0 aliphatic rings. The standard InChI is InChI=1S/C15H22O5/c1-8-9(2)13(17)11(10(3)12(8)16)6-7-15(4,19)14(18)20-5/h16-17,19H,6-7H2,1-5H3. The van der Waals surface area contributed by atoms with Crippen LogP contribution >= 0.6 is 0 Å². The van der Waals surface area contributed by atoms with Gasteiger partial charge in [0, 0.05) is 5.56 Å². The smallest absolute Gasteiger partial charge is 0.337 e. The van der Waals surface area contributed by atoms with Crippen molar-refractivity contribution < 1.29 is 24.9 Å². The largest absolute Gasteiger partial charge is 0.507 e. The lowest BCUT2D eigenvalue weighted by Crippen LogP contribution is -2.36. The molecule has 0 aromatic heterocycles. The van der Waals surface area contributed by atoms with Gasteiger partial charge in [-0.25, -0.2) is 4.79 Å². The molecule has 1 aromatic rings. The number of hydrogen-bond donors (Lipinski definition) is 3. The predicted molar refractivity (Wildman–Crippen MR) is 74.9 cm³/mol. The van der Waals surface area contributed by atoms with Gasteiger partial charge in [-0.05, 0) is 57.2 Å². The minimum atomic E-state index is -1.62. The van der Waals surface area contributed by atoms with Gasteiger partial charge < -0.3 is 20.1 Å². The highest BCUT2D eigenvalue weighted by Gasteiger charge is 2.31. The summed E-state index contributed by atoms with van der Waals surface area (Å²) in [5.74, 6) is -0.492. The van der Waals surface area contributed by atoms with Crippen molar-refractivity contribution in [3.8, 4) is 11.5 Å². The monoisotopic (exact) mass is 282 g/mol. The first-order valence-corrected chi connectivity index (χ1v) is 6.44. The van der Waals surface area contributed by atoms with Crippen LogP contribution in [0, 0.1) is 20.8 Å². The molecule has 20 heavy (non-hydrogen) atoms. The predicted octanol–water partition coefficient (Wildman–Crippen LogP) is 1.88. The summed E-state index contributed by atoms with van der Waals surface area (Å²) in [6.45, 7) is 6.51. The SMILES string of the molecule is COC(=O)C(C)(O)CCc1c(C)c(O)c(C)c(C)c1O. The Morgan fingerprint density at radius 2 is 1.60 bits per heavy atom. The highest BCUT2D eigenvalue weighted by molar-refractivity contribution is 5.78. The summed E-state index contributed by atoms with van der Waals surface area (Å²) in [7, 11) is 1.21. The number of ether oxygens (including phenoxy) is 1. The Balaban J connectivity index is 3.09. The van der Waals surface area contributed by atoms with Gasteiger partial charge in [0.2, 0.25) is 0 Å². The summed E-state index contributed by atoms with van der Waals surface area (Å²) in [6.07, 6.45) is 0.352. The Hall–Kier alpha value is -1.75. The molecule has 0 fully saturated rings. The number of rotatable bonds is 4. The Bertz CT molecular complexity index is 503. The number of benzene rings is 1. The fraction of sp³-hybridized carbons (Fsp3) is 0.533. The van der Waals surface area contributed by atoms with E-state index in [1.807, 2.05) is 0 Å². The van der Waals surface area contributed by atoms with E-state index in [0.29, 0.717) is 22.3 Å². The zero-order valence-electron chi connectivity index (χ0n) is 12.6. The third kappa shape index (κ3) is 2.88. The lowest BCUT2D eigenvalue weighted by atomic mass is 9.90. The second kappa shape index (κ2) is 5.71. The summed E-state index contributed by atoms with van der Waals surface area (Å²) >= 11 is 0. The third-order valence-electron chi connectivity index (χ3n) is 3.85. The average Bonchev–Trinajstić information content (AvgIpc) is 2.41. The van der Waals surface area contributed by atoms with Crippen molar-refractivity contribution >= 4 is 5.97 Å². The maximum Gasteiger partial charge on any atom is 0.337 e. The van der Waals surface area contributed by atoms with Crippen molar-refractivity contribution in [1.29, 1.82) is 0 Å². The molecule has 5 nitrogen and oxygen atoms in total. The van der Waals surface area contributed by atoms with Crippen LogP contribution in [0.5, 0.6) is 11.5 Å². The first-order valence-electron chi connectivity index (χ1n) is 6.44. The number of phenols is 2. The lowest BCUT2D eigenvalue weighted by Gasteiger charge is -2.22. The van der Waals surface area contributed by atoms with Crippen LogP contribution in [0.2, 0.25) is 0 Å². The van der Waals surface area contributed by atoms with E-state index in [1.54, 1.807) is 20.8 Å². The summed E-state index contributed by atoms with van der Waals surface area (Å²) in [4.78, 5) is 11.4. The number of carbonyl (C=O) groups excluding carboxylic acids is 1. The van der Waals surface area contributed by atoms with Gasteiger partial charge in [0.1, 0.15) is 11.5 Å². The highest BCUT2D eigenvalue weighted by atomic mass is 16.5. The normalized spacial score (nSPS) is 13.9. The Labute approximate surface area is 118 Å². The van der Waals surface area contributed by atoms with Crippen molar-refractivity contribution in [2.24, 2.45) is 0 Å². The zero-order valence-corrected chi connectivity index (χ0v) is 12.6. The van der Waals surface area contributed by atoms with E-state index in [1.165, 1.54) is 14.0 Å². The maximum absolute atomic E-state index is 11.4. The maximum atomic E-state index is 11.4. The fourth-order valence-electron chi connectivity index (χ4n) is 2.18. The van der Waals surface area contributed by atoms with Gasteiger partial charge in [0.05, 0.1) is 7.11 Å². The van der Waals surface area contributed by atoms with E-state index in [9.17, 15) is 20.1 Å². The summed E-state index contributed by atoms with van der Waals surface area (Å²) in [5.41, 5.74) is 0.701. The van der Waals surface area contributed by atoms with Crippen molar-refractivity contribution in [3.63, 3.8) is 0 Å². The highest BCUT2D eigenvalue weighted by Crippen LogP contribution is 2.37. The number of methoxy groups -OCH3 is 1. The number of hydrogen-bond acceptors (Lipinski definition) is 5. The summed E-state index contributed by atoms with van der Waals surface area (Å²) in [5, 5.41) is 30.2. The second-order valence-electron chi connectivity index (χ2n) is 5.32. The van der Waals surface area contributed by atoms with Crippen molar-refractivity contribution in [2.75, 3.05) is 7.11 Å².